The van der Waals surface area contributed by atoms with E-state index < -0.39 is 10.0 Å². The minimum Gasteiger partial charge on any atom is -0.302 e. The van der Waals surface area contributed by atoms with Crippen LogP contribution in [0.25, 0.3) is 10.2 Å². The number of carbonyl (C=O) groups excluding carboxylic acids is 1. The van der Waals surface area contributed by atoms with Gasteiger partial charge in [0.1, 0.15) is 4.21 Å². The Balaban J connectivity index is 1.44. The zero-order valence-electron chi connectivity index (χ0n) is 14.8. The van der Waals surface area contributed by atoms with E-state index in [1.807, 2.05) is 25.1 Å². The van der Waals surface area contributed by atoms with Crippen molar-refractivity contribution in [1.29, 1.82) is 0 Å². The van der Waals surface area contributed by atoms with E-state index in [0.717, 1.165) is 33.5 Å². The Hall–Kier alpha value is -1.81. The molecule has 27 heavy (non-hydrogen) atoms. The Morgan fingerprint density at radius 2 is 1.96 bits per heavy atom. The molecule has 1 saturated heterocycles. The lowest BCUT2D eigenvalue weighted by Gasteiger charge is -2.13. The van der Waals surface area contributed by atoms with Gasteiger partial charge in [0.05, 0.1) is 16.6 Å². The number of aryl methyl sites for hydroxylation is 1. The molecule has 3 aromatic rings. The second-order valence-corrected chi connectivity index (χ2v) is 10.9. The summed E-state index contributed by atoms with van der Waals surface area (Å²) in [5, 5.41) is 3.38. The van der Waals surface area contributed by atoms with Gasteiger partial charge in [0, 0.05) is 18.0 Å². The van der Waals surface area contributed by atoms with Crippen molar-refractivity contribution >= 4 is 54.0 Å². The summed E-state index contributed by atoms with van der Waals surface area (Å²) in [6.45, 7) is 3.17. The van der Waals surface area contributed by atoms with Gasteiger partial charge in [-0.05, 0) is 49.6 Å². The van der Waals surface area contributed by atoms with Crippen LogP contribution < -0.4 is 5.32 Å². The van der Waals surface area contributed by atoms with Crippen LogP contribution in [0.3, 0.4) is 0 Å². The molecule has 9 heteroatoms. The summed E-state index contributed by atoms with van der Waals surface area (Å²) in [5.41, 5.74) is 2.00. The highest BCUT2D eigenvalue weighted by molar-refractivity contribution is 7.91. The molecule has 142 valence electrons. The van der Waals surface area contributed by atoms with Crippen molar-refractivity contribution in [2.45, 2.75) is 30.4 Å². The van der Waals surface area contributed by atoms with Crippen molar-refractivity contribution in [3.8, 4) is 0 Å². The van der Waals surface area contributed by atoms with Gasteiger partial charge in [-0.1, -0.05) is 17.4 Å². The first-order chi connectivity index (χ1) is 12.9. The monoisotopic (exact) mass is 421 g/mol. The van der Waals surface area contributed by atoms with Crippen LogP contribution in [0.4, 0.5) is 5.13 Å². The molecular weight excluding hydrogens is 402 g/mol. The molecule has 0 bridgehead atoms. The molecule has 1 aliphatic rings. The second-order valence-electron chi connectivity index (χ2n) is 6.55. The maximum atomic E-state index is 12.6. The van der Waals surface area contributed by atoms with Crippen LogP contribution in [-0.4, -0.2) is 36.7 Å². The fourth-order valence-electron chi connectivity index (χ4n) is 3.05. The first-order valence-electron chi connectivity index (χ1n) is 8.68. The molecule has 1 aliphatic heterocycles. The molecule has 1 fully saturated rings. The topological polar surface area (TPSA) is 79.4 Å². The van der Waals surface area contributed by atoms with E-state index in [4.69, 9.17) is 0 Å². The largest absolute Gasteiger partial charge is 0.302 e. The second kappa shape index (κ2) is 7.31. The average Bonchev–Trinajstić information content (AvgIpc) is 3.34. The normalized spacial score (nSPS) is 15.4. The fourth-order valence-corrected chi connectivity index (χ4v) is 7.06. The molecular formula is C18H19N3O3S3. The Labute approximate surface area is 165 Å². The van der Waals surface area contributed by atoms with Gasteiger partial charge in [-0.15, -0.1) is 11.3 Å². The maximum Gasteiger partial charge on any atom is 0.252 e. The van der Waals surface area contributed by atoms with E-state index in [1.54, 1.807) is 12.1 Å². The lowest BCUT2D eigenvalue weighted by atomic mass is 10.2. The number of sulfonamides is 1. The lowest BCUT2D eigenvalue weighted by Crippen LogP contribution is -2.27. The van der Waals surface area contributed by atoms with Gasteiger partial charge >= 0.3 is 0 Å². The van der Waals surface area contributed by atoms with Crippen LogP contribution in [0.15, 0.2) is 34.5 Å². The van der Waals surface area contributed by atoms with Crippen LogP contribution in [0, 0.1) is 6.92 Å². The van der Waals surface area contributed by atoms with Crippen molar-refractivity contribution in [3.63, 3.8) is 0 Å². The van der Waals surface area contributed by atoms with Crippen molar-refractivity contribution in [1.82, 2.24) is 9.29 Å². The summed E-state index contributed by atoms with van der Waals surface area (Å²) in [4.78, 5) is 17.5. The molecule has 0 saturated carbocycles. The number of amides is 1. The molecule has 0 radical (unpaired) electrons. The number of thiophene rings is 1. The lowest BCUT2D eigenvalue weighted by molar-refractivity contribution is -0.115. The number of hydrogen-bond acceptors (Lipinski definition) is 6. The third kappa shape index (κ3) is 3.91. The molecule has 1 amide bonds. The molecule has 2 aromatic heterocycles. The number of nitrogens with one attached hydrogen (secondary N) is 1. The van der Waals surface area contributed by atoms with Gasteiger partial charge in [-0.3, -0.25) is 4.79 Å². The number of rotatable bonds is 5. The van der Waals surface area contributed by atoms with Crippen LogP contribution in [0.2, 0.25) is 0 Å². The highest BCUT2D eigenvalue weighted by Crippen LogP contribution is 2.29. The molecule has 0 spiro atoms. The predicted octanol–water partition coefficient (Wildman–Crippen LogP) is 3.63. The van der Waals surface area contributed by atoms with Gasteiger partial charge in [-0.25, -0.2) is 13.4 Å². The number of fused-ring (bicyclic) bond motifs is 1. The van der Waals surface area contributed by atoms with Crippen LogP contribution >= 0.6 is 22.7 Å². The zero-order chi connectivity index (χ0) is 19.0. The van der Waals surface area contributed by atoms with Crippen LogP contribution in [0.1, 0.15) is 23.3 Å². The summed E-state index contributed by atoms with van der Waals surface area (Å²) in [6, 6.07) is 9.28. The SMILES string of the molecule is Cc1ccc2nc(NC(=O)Cc3ccc(S(=O)(=O)N4CCCC4)s3)sc2c1. The summed E-state index contributed by atoms with van der Waals surface area (Å²) in [6.07, 6.45) is 1.94. The third-order valence-corrected chi connectivity index (χ3v) is 8.81. The molecule has 6 nitrogen and oxygen atoms in total. The minimum atomic E-state index is -3.42. The molecule has 1 N–H and O–H groups in total. The van der Waals surface area contributed by atoms with E-state index in [2.05, 4.69) is 10.3 Å². The molecule has 0 unspecified atom stereocenters. The van der Waals surface area contributed by atoms with Crippen molar-refractivity contribution in [2.24, 2.45) is 0 Å². The quantitative estimate of drug-likeness (QED) is 0.682. The average molecular weight is 422 g/mol. The van der Waals surface area contributed by atoms with E-state index in [0.29, 0.717) is 22.4 Å². The van der Waals surface area contributed by atoms with E-state index in [-0.39, 0.29) is 12.3 Å². The van der Waals surface area contributed by atoms with E-state index in [1.165, 1.54) is 27.0 Å². The zero-order valence-corrected chi connectivity index (χ0v) is 17.2. The molecule has 0 aliphatic carbocycles. The summed E-state index contributed by atoms with van der Waals surface area (Å²) in [7, 11) is -3.42. The number of benzene rings is 1. The number of anilines is 1. The van der Waals surface area contributed by atoms with Crippen molar-refractivity contribution in [3.05, 3.63) is 40.8 Å². The number of carbonyl (C=O) groups is 1. The Bertz CT molecular complexity index is 1100. The molecule has 0 atom stereocenters. The van der Waals surface area contributed by atoms with Gasteiger partial charge < -0.3 is 5.32 Å². The highest BCUT2D eigenvalue weighted by Gasteiger charge is 2.28. The van der Waals surface area contributed by atoms with Crippen molar-refractivity contribution in [2.75, 3.05) is 18.4 Å². The highest BCUT2D eigenvalue weighted by atomic mass is 32.2. The molecule has 1 aromatic carbocycles. The number of hydrogen-bond donors (Lipinski definition) is 1. The van der Waals surface area contributed by atoms with Crippen molar-refractivity contribution < 1.29 is 13.2 Å². The van der Waals surface area contributed by atoms with E-state index >= 15 is 0 Å². The Morgan fingerprint density at radius 3 is 2.74 bits per heavy atom. The first kappa shape index (κ1) is 18.5. The predicted molar refractivity (Wildman–Crippen MR) is 109 cm³/mol. The maximum absolute atomic E-state index is 12.6. The number of thiazole rings is 1. The summed E-state index contributed by atoms with van der Waals surface area (Å²) in [5.74, 6) is -0.197. The van der Waals surface area contributed by atoms with Gasteiger partial charge in [0.25, 0.3) is 10.0 Å². The Morgan fingerprint density at radius 1 is 1.19 bits per heavy atom. The smallest absolute Gasteiger partial charge is 0.252 e. The minimum absolute atomic E-state index is 0.134. The van der Waals surface area contributed by atoms with Crippen LogP contribution in [-0.2, 0) is 21.2 Å². The molecule has 4 rings (SSSR count). The summed E-state index contributed by atoms with van der Waals surface area (Å²) < 4.78 is 28.0. The first-order valence-corrected chi connectivity index (χ1v) is 11.7. The van der Waals surface area contributed by atoms with E-state index in [9.17, 15) is 13.2 Å². The number of aromatic nitrogens is 1. The standard InChI is InChI=1S/C18H19N3O3S3/c1-12-4-6-14-15(10-12)26-18(19-14)20-16(22)11-13-5-7-17(25-13)27(23,24)21-8-2-3-9-21/h4-7,10H,2-3,8-9,11H2,1H3,(H,19,20,22). The van der Waals surface area contributed by atoms with Gasteiger partial charge in [0.2, 0.25) is 5.91 Å². The summed E-state index contributed by atoms with van der Waals surface area (Å²) >= 11 is 2.60. The van der Waals surface area contributed by atoms with Crippen LogP contribution in [0.5, 0.6) is 0 Å². The van der Waals surface area contributed by atoms with Gasteiger partial charge in [0.15, 0.2) is 5.13 Å². The molecule has 3 heterocycles. The fraction of sp³-hybridized carbons (Fsp3) is 0.333. The third-order valence-electron chi connectivity index (χ3n) is 4.42. The van der Waals surface area contributed by atoms with Gasteiger partial charge in [-0.2, -0.15) is 4.31 Å². The number of nitrogens with zero attached hydrogens (tertiary/aromatic N) is 2. The Kier molecular flexibility index (Phi) is 5.02.